The van der Waals surface area contributed by atoms with Crippen LogP contribution in [0.5, 0.6) is 0 Å². The Kier molecular flexibility index (Phi) is 8.70. The molecule has 18 heavy (non-hydrogen) atoms. The molecule has 108 valence electrons. The van der Waals surface area contributed by atoms with Crippen LogP contribution in [0.2, 0.25) is 0 Å². The number of likely N-dealkylation sites (tertiary alicyclic amines) is 1. The summed E-state index contributed by atoms with van der Waals surface area (Å²) >= 11 is 0. The van der Waals surface area contributed by atoms with Gasteiger partial charge in [-0.3, -0.25) is 0 Å². The van der Waals surface area contributed by atoms with Gasteiger partial charge in [-0.15, -0.1) is 0 Å². The summed E-state index contributed by atoms with van der Waals surface area (Å²) in [4.78, 5) is 2.71. The summed E-state index contributed by atoms with van der Waals surface area (Å²) in [5, 5.41) is 3.49. The Bertz CT molecular complexity index is 186. The molecular formula is C16H34N2. The van der Waals surface area contributed by atoms with Gasteiger partial charge >= 0.3 is 0 Å². The molecule has 1 aliphatic heterocycles. The van der Waals surface area contributed by atoms with Crippen molar-refractivity contribution in [2.24, 2.45) is 11.8 Å². The van der Waals surface area contributed by atoms with Crippen molar-refractivity contribution in [1.82, 2.24) is 10.2 Å². The number of unbranched alkanes of at least 4 members (excludes halogenated alkanes) is 1. The third-order valence-electron chi connectivity index (χ3n) is 4.45. The second-order valence-corrected chi connectivity index (χ2v) is 5.97. The highest BCUT2D eigenvalue weighted by molar-refractivity contribution is 4.75. The zero-order valence-corrected chi connectivity index (χ0v) is 12.9. The van der Waals surface area contributed by atoms with Gasteiger partial charge < -0.3 is 10.2 Å². The maximum Gasteiger partial charge on any atom is 0.000956 e. The Morgan fingerprint density at radius 2 is 1.89 bits per heavy atom. The van der Waals surface area contributed by atoms with Crippen molar-refractivity contribution < 1.29 is 0 Å². The number of hydrogen-bond donors (Lipinski definition) is 1. The van der Waals surface area contributed by atoms with Gasteiger partial charge in [0.2, 0.25) is 0 Å². The highest BCUT2D eigenvalue weighted by Gasteiger charge is 2.20. The predicted molar refractivity (Wildman–Crippen MR) is 81.0 cm³/mol. The zero-order chi connectivity index (χ0) is 13.2. The number of nitrogens with zero attached hydrogens (tertiary/aromatic N) is 1. The molecule has 1 N–H and O–H groups in total. The molecular weight excluding hydrogens is 220 g/mol. The number of nitrogens with one attached hydrogen (secondary N) is 1. The molecule has 1 atom stereocenters. The summed E-state index contributed by atoms with van der Waals surface area (Å²) in [5.41, 5.74) is 0. The fraction of sp³-hybridized carbons (Fsp3) is 1.00. The van der Waals surface area contributed by atoms with E-state index < -0.39 is 0 Å². The van der Waals surface area contributed by atoms with E-state index in [1.807, 2.05) is 0 Å². The van der Waals surface area contributed by atoms with E-state index in [2.05, 4.69) is 31.0 Å². The average Bonchev–Trinajstić information content (AvgIpc) is 2.42. The van der Waals surface area contributed by atoms with E-state index in [4.69, 9.17) is 0 Å². The molecule has 1 heterocycles. The monoisotopic (exact) mass is 254 g/mol. The molecule has 1 fully saturated rings. The van der Waals surface area contributed by atoms with E-state index in [0.29, 0.717) is 0 Å². The summed E-state index contributed by atoms with van der Waals surface area (Å²) in [6.45, 7) is 13.2. The van der Waals surface area contributed by atoms with Crippen LogP contribution in [0.25, 0.3) is 0 Å². The first-order chi connectivity index (χ1) is 8.80. The Morgan fingerprint density at radius 3 is 2.44 bits per heavy atom. The van der Waals surface area contributed by atoms with Crippen LogP contribution < -0.4 is 5.32 Å². The summed E-state index contributed by atoms with van der Waals surface area (Å²) in [5.74, 6) is 1.87. The quantitative estimate of drug-likeness (QED) is 0.677. The third-order valence-corrected chi connectivity index (χ3v) is 4.45. The minimum absolute atomic E-state index is 0.928. The minimum Gasteiger partial charge on any atom is -0.317 e. The van der Waals surface area contributed by atoms with Crippen molar-refractivity contribution in [3.8, 4) is 0 Å². The largest absolute Gasteiger partial charge is 0.317 e. The van der Waals surface area contributed by atoms with E-state index in [1.54, 1.807) is 0 Å². The van der Waals surface area contributed by atoms with Crippen LogP contribution in [0.3, 0.4) is 0 Å². The van der Waals surface area contributed by atoms with E-state index in [9.17, 15) is 0 Å². The van der Waals surface area contributed by atoms with Crippen LogP contribution in [-0.4, -0.2) is 37.6 Å². The molecule has 0 spiro atoms. The van der Waals surface area contributed by atoms with Crippen LogP contribution in [0.1, 0.15) is 59.3 Å². The van der Waals surface area contributed by atoms with Crippen LogP contribution in [0.15, 0.2) is 0 Å². The van der Waals surface area contributed by atoms with Crippen molar-refractivity contribution in [2.45, 2.75) is 59.3 Å². The maximum absolute atomic E-state index is 3.49. The standard InChI is InChI=1S/C16H34N2/c1-4-7-8-15(5-2)14-18-11-9-16(10-12-18)13-17-6-3/h15-17H,4-14H2,1-3H3. The Labute approximate surface area is 115 Å². The lowest BCUT2D eigenvalue weighted by atomic mass is 9.94. The number of hydrogen-bond acceptors (Lipinski definition) is 2. The van der Waals surface area contributed by atoms with Crippen molar-refractivity contribution in [2.75, 3.05) is 32.7 Å². The summed E-state index contributed by atoms with van der Waals surface area (Å²) in [7, 11) is 0. The molecule has 0 aromatic rings. The first-order valence-corrected chi connectivity index (χ1v) is 8.23. The average molecular weight is 254 g/mol. The molecule has 2 heteroatoms. The van der Waals surface area contributed by atoms with E-state index in [0.717, 1.165) is 18.4 Å². The molecule has 0 amide bonds. The van der Waals surface area contributed by atoms with E-state index >= 15 is 0 Å². The molecule has 0 bridgehead atoms. The summed E-state index contributed by atoms with van der Waals surface area (Å²) in [6.07, 6.45) is 8.35. The van der Waals surface area contributed by atoms with Gasteiger partial charge in [-0.05, 0) is 57.3 Å². The van der Waals surface area contributed by atoms with Crippen LogP contribution in [-0.2, 0) is 0 Å². The molecule has 0 aromatic heterocycles. The first kappa shape index (κ1) is 16.0. The zero-order valence-electron chi connectivity index (χ0n) is 12.9. The van der Waals surface area contributed by atoms with Crippen molar-refractivity contribution in [1.29, 1.82) is 0 Å². The van der Waals surface area contributed by atoms with Crippen LogP contribution in [0.4, 0.5) is 0 Å². The van der Waals surface area contributed by atoms with Gasteiger partial charge in [0.05, 0.1) is 0 Å². The fourth-order valence-electron chi connectivity index (χ4n) is 3.00. The Balaban J connectivity index is 2.17. The summed E-state index contributed by atoms with van der Waals surface area (Å²) in [6, 6.07) is 0. The highest BCUT2D eigenvalue weighted by Crippen LogP contribution is 2.20. The molecule has 1 unspecified atom stereocenters. The molecule has 1 aliphatic rings. The van der Waals surface area contributed by atoms with E-state index in [1.165, 1.54) is 64.7 Å². The summed E-state index contributed by atoms with van der Waals surface area (Å²) < 4.78 is 0. The molecule has 1 saturated heterocycles. The lowest BCUT2D eigenvalue weighted by Gasteiger charge is -2.34. The topological polar surface area (TPSA) is 15.3 Å². The van der Waals surface area contributed by atoms with Crippen molar-refractivity contribution in [3.63, 3.8) is 0 Å². The molecule has 0 radical (unpaired) electrons. The maximum atomic E-state index is 3.49. The van der Waals surface area contributed by atoms with Crippen LogP contribution >= 0.6 is 0 Å². The second kappa shape index (κ2) is 9.80. The Hall–Kier alpha value is -0.0800. The smallest absolute Gasteiger partial charge is 0.000956 e. The van der Waals surface area contributed by atoms with E-state index in [-0.39, 0.29) is 0 Å². The lowest BCUT2D eigenvalue weighted by molar-refractivity contribution is 0.153. The number of piperidine rings is 1. The molecule has 2 nitrogen and oxygen atoms in total. The molecule has 0 aromatic carbocycles. The van der Waals surface area contributed by atoms with Gasteiger partial charge in [0.1, 0.15) is 0 Å². The van der Waals surface area contributed by atoms with Crippen molar-refractivity contribution in [3.05, 3.63) is 0 Å². The molecule has 0 aliphatic carbocycles. The van der Waals surface area contributed by atoms with Gasteiger partial charge in [0.25, 0.3) is 0 Å². The van der Waals surface area contributed by atoms with Gasteiger partial charge in [0.15, 0.2) is 0 Å². The van der Waals surface area contributed by atoms with Gasteiger partial charge in [0, 0.05) is 6.54 Å². The minimum atomic E-state index is 0.928. The SMILES string of the molecule is CCCCC(CC)CN1CCC(CNCC)CC1. The third kappa shape index (κ3) is 6.19. The van der Waals surface area contributed by atoms with Gasteiger partial charge in [-0.2, -0.15) is 0 Å². The van der Waals surface area contributed by atoms with Gasteiger partial charge in [-0.1, -0.05) is 40.0 Å². The Morgan fingerprint density at radius 1 is 1.17 bits per heavy atom. The fourth-order valence-corrected chi connectivity index (χ4v) is 3.00. The number of rotatable bonds is 9. The molecule has 0 saturated carbocycles. The van der Waals surface area contributed by atoms with Crippen molar-refractivity contribution >= 4 is 0 Å². The van der Waals surface area contributed by atoms with Crippen LogP contribution in [0, 0.1) is 11.8 Å². The highest BCUT2D eigenvalue weighted by atomic mass is 15.1. The lowest BCUT2D eigenvalue weighted by Crippen LogP contribution is -2.39. The van der Waals surface area contributed by atoms with Gasteiger partial charge in [-0.25, -0.2) is 0 Å². The second-order valence-electron chi connectivity index (χ2n) is 5.97. The molecule has 1 rings (SSSR count). The normalized spacial score (nSPS) is 20.2. The predicted octanol–water partition coefficient (Wildman–Crippen LogP) is 3.52. The first-order valence-electron chi connectivity index (χ1n) is 8.23.